The number of unbranched alkanes of at least 4 members (excludes halogenated alkanes) is 1. The van der Waals surface area contributed by atoms with Gasteiger partial charge in [-0.1, -0.05) is 37.1 Å². The fourth-order valence-corrected chi connectivity index (χ4v) is 2.35. The fraction of sp³-hybridized carbons (Fsp3) is 0.412. The Morgan fingerprint density at radius 1 is 1.24 bits per heavy atom. The predicted molar refractivity (Wildman–Crippen MR) is 85.4 cm³/mol. The van der Waals surface area contributed by atoms with Gasteiger partial charge < -0.3 is 5.73 Å². The minimum absolute atomic E-state index is 0.0691. The lowest BCUT2D eigenvalue weighted by atomic mass is 9.97. The van der Waals surface area contributed by atoms with Crippen LogP contribution >= 0.6 is 0 Å². The topological polar surface area (TPSA) is 60.9 Å². The zero-order valence-corrected chi connectivity index (χ0v) is 13.0. The molecule has 1 aromatic heterocycles. The lowest BCUT2D eigenvalue weighted by molar-refractivity contribution is 0.527. The molecule has 112 valence electrons. The summed E-state index contributed by atoms with van der Waals surface area (Å²) in [5, 5.41) is 4.44. The summed E-state index contributed by atoms with van der Waals surface area (Å²) in [5.74, 6) is 0. The molecule has 21 heavy (non-hydrogen) atoms. The molecular formula is C17H23N3O. The van der Waals surface area contributed by atoms with Crippen molar-refractivity contribution in [2.75, 3.05) is 0 Å². The molecule has 2 rings (SSSR count). The summed E-state index contributed by atoms with van der Waals surface area (Å²) in [4.78, 5) is 11.8. The van der Waals surface area contributed by atoms with Gasteiger partial charge in [-0.15, -0.1) is 0 Å². The van der Waals surface area contributed by atoms with Crippen molar-refractivity contribution in [1.29, 1.82) is 0 Å². The van der Waals surface area contributed by atoms with Crippen molar-refractivity contribution in [2.24, 2.45) is 5.73 Å². The van der Waals surface area contributed by atoms with Crippen LogP contribution in [0.1, 0.15) is 48.2 Å². The first-order chi connectivity index (χ1) is 10.0. The highest BCUT2D eigenvalue weighted by molar-refractivity contribution is 5.36. The van der Waals surface area contributed by atoms with E-state index in [1.165, 1.54) is 10.2 Å². The standard InChI is InChI=1S/C17H23N3O/c1-4-5-10-20-16(21)9-8-15(19-20)17(18)14-11-12(2)6-7-13(14)3/h6-9,11,17H,4-5,10,18H2,1-3H3. The van der Waals surface area contributed by atoms with Gasteiger partial charge in [0.15, 0.2) is 0 Å². The molecule has 1 heterocycles. The van der Waals surface area contributed by atoms with E-state index < -0.39 is 0 Å². The maximum Gasteiger partial charge on any atom is 0.266 e. The molecule has 2 N–H and O–H groups in total. The van der Waals surface area contributed by atoms with Crippen molar-refractivity contribution >= 4 is 0 Å². The van der Waals surface area contributed by atoms with Crippen molar-refractivity contribution in [3.63, 3.8) is 0 Å². The second-order valence-corrected chi connectivity index (χ2v) is 5.51. The summed E-state index contributed by atoms with van der Waals surface area (Å²) in [6.45, 7) is 6.83. The highest BCUT2D eigenvalue weighted by atomic mass is 16.1. The molecule has 0 aliphatic carbocycles. The molecular weight excluding hydrogens is 262 g/mol. The average Bonchev–Trinajstić information content (AvgIpc) is 2.48. The van der Waals surface area contributed by atoms with E-state index >= 15 is 0 Å². The third kappa shape index (κ3) is 3.58. The number of nitrogens with two attached hydrogens (primary N) is 1. The van der Waals surface area contributed by atoms with Gasteiger partial charge in [-0.3, -0.25) is 4.79 Å². The molecule has 4 heteroatoms. The summed E-state index contributed by atoms with van der Waals surface area (Å²) in [5.41, 5.74) is 10.4. The molecule has 4 nitrogen and oxygen atoms in total. The lowest BCUT2D eigenvalue weighted by Crippen LogP contribution is -2.26. The van der Waals surface area contributed by atoms with E-state index in [2.05, 4.69) is 30.2 Å². The van der Waals surface area contributed by atoms with Crippen molar-refractivity contribution < 1.29 is 0 Å². The van der Waals surface area contributed by atoms with E-state index in [4.69, 9.17) is 5.73 Å². The molecule has 0 amide bonds. The Morgan fingerprint density at radius 2 is 2.00 bits per heavy atom. The number of hydrogen-bond acceptors (Lipinski definition) is 3. The normalized spacial score (nSPS) is 12.4. The Balaban J connectivity index is 2.36. The van der Waals surface area contributed by atoms with Crippen molar-refractivity contribution in [3.8, 4) is 0 Å². The maximum absolute atomic E-state index is 11.8. The second-order valence-electron chi connectivity index (χ2n) is 5.51. The first-order valence-corrected chi connectivity index (χ1v) is 7.43. The van der Waals surface area contributed by atoms with Crippen LogP contribution in [0.2, 0.25) is 0 Å². The van der Waals surface area contributed by atoms with Gasteiger partial charge >= 0.3 is 0 Å². The number of nitrogens with zero attached hydrogens (tertiary/aromatic N) is 2. The van der Waals surface area contributed by atoms with Gasteiger partial charge in [-0.05, 0) is 37.5 Å². The number of hydrogen-bond donors (Lipinski definition) is 1. The molecule has 0 aliphatic rings. The van der Waals surface area contributed by atoms with E-state index in [1.807, 2.05) is 13.8 Å². The molecule has 1 unspecified atom stereocenters. The van der Waals surface area contributed by atoms with Crippen molar-refractivity contribution in [2.45, 2.75) is 46.2 Å². The van der Waals surface area contributed by atoms with Crippen LogP contribution in [-0.4, -0.2) is 9.78 Å². The molecule has 1 atom stereocenters. The van der Waals surface area contributed by atoms with Gasteiger partial charge in [-0.2, -0.15) is 5.10 Å². The molecule has 0 radical (unpaired) electrons. The van der Waals surface area contributed by atoms with Crippen LogP contribution in [0.15, 0.2) is 35.1 Å². The molecule has 0 saturated carbocycles. The number of benzene rings is 1. The third-order valence-corrected chi connectivity index (χ3v) is 3.70. The smallest absolute Gasteiger partial charge is 0.266 e. The van der Waals surface area contributed by atoms with Crippen LogP contribution in [0.25, 0.3) is 0 Å². The van der Waals surface area contributed by atoms with E-state index in [1.54, 1.807) is 12.1 Å². The molecule has 2 aromatic rings. The first kappa shape index (κ1) is 15.4. The Labute approximate surface area is 125 Å². The number of aryl methyl sites for hydroxylation is 3. The summed E-state index contributed by atoms with van der Waals surface area (Å²) in [6.07, 6.45) is 1.97. The number of rotatable bonds is 5. The minimum atomic E-state index is -0.307. The SMILES string of the molecule is CCCCn1nc(C(N)c2cc(C)ccc2C)ccc1=O. The van der Waals surface area contributed by atoms with Gasteiger partial charge in [0.2, 0.25) is 0 Å². The Hall–Kier alpha value is -1.94. The predicted octanol–water partition coefficient (Wildman–Crippen LogP) is 2.71. The fourth-order valence-electron chi connectivity index (χ4n) is 2.35. The summed E-state index contributed by atoms with van der Waals surface area (Å²) in [7, 11) is 0. The van der Waals surface area contributed by atoms with Gasteiger partial charge in [0, 0.05) is 12.6 Å². The zero-order chi connectivity index (χ0) is 15.4. The molecule has 0 aliphatic heterocycles. The quantitative estimate of drug-likeness (QED) is 0.918. The van der Waals surface area contributed by atoms with Gasteiger partial charge in [-0.25, -0.2) is 4.68 Å². The highest BCUT2D eigenvalue weighted by Crippen LogP contribution is 2.21. The van der Waals surface area contributed by atoms with Crippen LogP contribution in [0, 0.1) is 13.8 Å². The Bertz CT molecular complexity index is 676. The van der Waals surface area contributed by atoms with Crippen LogP contribution < -0.4 is 11.3 Å². The van der Waals surface area contributed by atoms with Gasteiger partial charge in [0.1, 0.15) is 0 Å². The first-order valence-electron chi connectivity index (χ1n) is 7.43. The Morgan fingerprint density at radius 3 is 2.71 bits per heavy atom. The van der Waals surface area contributed by atoms with Crippen molar-refractivity contribution in [1.82, 2.24) is 9.78 Å². The summed E-state index contributed by atoms with van der Waals surface area (Å²) >= 11 is 0. The molecule has 0 spiro atoms. The van der Waals surface area contributed by atoms with Crippen LogP contribution in [-0.2, 0) is 6.54 Å². The molecule has 0 saturated heterocycles. The monoisotopic (exact) mass is 285 g/mol. The minimum Gasteiger partial charge on any atom is -0.319 e. The van der Waals surface area contributed by atoms with Gasteiger partial charge in [0.25, 0.3) is 5.56 Å². The molecule has 0 fully saturated rings. The zero-order valence-electron chi connectivity index (χ0n) is 13.0. The van der Waals surface area contributed by atoms with Crippen molar-refractivity contribution in [3.05, 3.63) is 63.1 Å². The van der Waals surface area contributed by atoms with Crippen LogP contribution in [0.5, 0.6) is 0 Å². The van der Waals surface area contributed by atoms with Crippen LogP contribution in [0.4, 0.5) is 0 Å². The third-order valence-electron chi connectivity index (χ3n) is 3.70. The van der Waals surface area contributed by atoms with E-state index in [0.717, 1.165) is 29.7 Å². The van der Waals surface area contributed by atoms with E-state index in [9.17, 15) is 4.79 Å². The maximum atomic E-state index is 11.8. The largest absolute Gasteiger partial charge is 0.319 e. The lowest BCUT2D eigenvalue weighted by Gasteiger charge is -2.16. The van der Waals surface area contributed by atoms with E-state index in [-0.39, 0.29) is 11.6 Å². The Kier molecular flexibility index (Phi) is 4.91. The summed E-state index contributed by atoms with van der Waals surface area (Å²) in [6, 6.07) is 9.21. The molecule has 0 bridgehead atoms. The number of aromatic nitrogens is 2. The highest BCUT2D eigenvalue weighted by Gasteiger charge is 2.14. The van der Waals surface area contributed by atoms with Gasteiger partial charge in [0.05, 0.1) is 11.7 Å². The van der Waals surface area contributed by atoms with Crippen LogP contribution in [0.3, 0.4) is 0 Å². The average molecular weight is 285 g/mol. The summed E-state index contributed by atoms with van der Waals surface area (Å²) < 4.78 is 1.52. The molecule has 1 aromatic carbocycles. The second kappa shape index (κ2) is 6.68. The van der Waals surface area contributed by atoms with E-state index in [0.29, 0.717) is 6.54 Å².